The molecule has 4 aromatic rings. The number of methoxy groups -OCH3 is 1. The van der Waals surface area contributed by atoms with E-state index in [1.807, 2.05) is 37.3 Å². The first-order chi connectivity index (χ1) is 15.4. The van der Waals surface area contributed by atoms with Crippen LogP contribution in [0.3, 0.4) is 0 Å². The fourth-order valence-electron chi connectivity index (χ4n) is 3.39. The highest BCUT2D eigenvalue weighted by Gasteiger charge is 2.29. The molecule has 162 valence electrons. The van der Waals surface area contributed by atoms with E-state index in [1.54, 1.807) is 30.3 Å². The Bertz CT molecular complexity index is 1340. The summed E-state index contributed by atoms with van der Waals surface area (Å²) in [5.74, 6) is -0.0979. The minimum Gasteiger partial charge on any atom is -0.618 e. The van der Waals surface area contributed by atoms with Gasteiger partial charge in [-0.3, -0.25) is 4.79 Å². The summed E-state index contributed by atoms with van der Waals surface area (Å²) in [4.78, 5) is 30.8. The number of carbonyl (C=O) groups excluding carboxylic acids is 2. The average molecular weight is 431 g/mol. The quantitative estimate of drug-likeness (QED) is 0.354. The van der Waals surface area contributed by atoms with Crippen LogP contribution < -0.4 is 4.73 Å². The fourth-order valence-corrected chi connectivity index (χ4v) is 3.39. The minimum atomic E-state index is -0.851. The number of ether oxygens (including phenoxy) is 1. The summed E-state index contributed by atoms with van der Waals surface area (Å²) in [7, 11) is 1.19. The number of para-hydroxylation sites is 3. The number of benzene rings is 2. The largest absolute Gasteiger partial charge is 0.618 e. The molecule has 32 heavy (non-hydrogen) atoms. The van der Waals surface area contributed by atoms with Crippen LogP contribution in [-0.2, 0) is 4.74 Å². The van der Waals surface area contributed by atoms with E-state index in [1.165, 1.54) is 14.0 Å². The van der Waals surface area contributed by atoms with Crippen LogP contribution in [0.15, 0.2) is 65.1 Å². The molecular weight excluding hydrogens is 410 g/mol. The van der Waals surface area contributed by atoms with Gasteiger partial charge >= 0.3 is 6.09 Å². The standard InChI is InChI=1S/C24H21N3O5/c1-15(21-14-17-8-4-7-11-20(17)32-21)12-13-26(24(29)31-3)23(28)22-16(2)27(30)19-10-6-5-9-18(19)25-22/h4-12,14H,13H2,1-3H3. The lowest BCUT2D eigenvalue weighted by Gasteiger charge is -2.18. The van der Waals surface area contributed by atoms with Crippen molar-refractivity contribution in [3.63, 3.8) is 0 Å². The van der Waals surface area contributed by atoms with E-state index in [2.05, 4.69) is 4.98 Å². The predicted octanol–water partition coefficient (Wildman–Crippen LogP) is 4.23. The van der Waals surface area contributed by atoms with Gasteiger partial charge in [0.1, 0.15) is 16.9 Å². The number of amides is 2. The van der Waals surface area contributed by atoms with E-state index in [-0.39, 0.29) is 17.9 Å². The van der Waals surface area contributed by atoms with Crippen molar-refractivity contribution in [3.05, 3.63) is 83.0 Å². The number of imide groups is 1. The third-order valence-corrected chi connectivity index (χ3v) is 5.22. The molecular formula is C24H21N3O5. The molecule has 8 heteroatoms. The summed E-state index contributed by atoms with van der Waals surface area (Å²) >= 11 is 0. The molecule has 2 amide bonds. The molecule has 0 N–H and O–H groups in total. The van der Waals surface area contributed by atoms with Crippen molar-refractivity contribution in [1.29, 1.82) is 0 Å². The van der Waals surface area contributed by atoms with Crippen molar-refractivity contribution in [2.24, 2.45) is 0 Å². The van der Waals surface area contributed by atoms with E-state index in [4.69, 9.17) is 9.15 Å². The number of aromatic nitrogens is 2. The molecule has 2 aromatic heterocycles. The zero-order valence-corrected chi connectivity index (χ0v) is 17.9. The number of furan rings is 1. The number of hydrogen-bond acceptors (Lipinski definition) is 6. The topological polar surface area (TPSA) is 99.6 Å². The fraction of sp³-hybridized carbons (Fsp3) is 0.167. The van der Waals surface area contributed by atoms with Crippen LogP contribution in [0.25, 0.3) is 27.6 Å². The van der Waals surface area contributed by atoms with Crippen molar-refractivity contribution >= 4 is 39.6 Å². The number of fused-ring (bicyclic) bond motifs is 2. The highest BCUT2D eigenvalue weighted by atomic mass is 16.5. The van der Waals surface area contributed by atoms with Crippen LogP contribution in [0.4, 0.5) is 4.79 Å². The van der Waals surface area contributed by atoms with Crippen LogP contribution in [0, 0.1) is 12.1 Å². The van der Waals surface area contributed by atoms with E-state index in [0.717, 1.165) is 21.4 Å². The zero-order valence-electron chi connectivity index (χ0n) is 17.9. The van der Waals surface area contributed by atoms with Gasteiger partial charge in [0, 0.05) is 18.4 Å². The molecule has 0 spiro atoms. The van der Waals surface area contributed by atoms with E-state index < -0.39 is 12.0 Å². The highest BCUT2D eigenvalue weighted by Crippen LogP contribution is 2.24. The SMILES string of the molecule is COC(=O)N(CC=C(C)c1cc2ccccc2o1)C(=O)c1nc2ccccc2[n+]([O-])c1C. The lowest BCUT2D eigenvalue weighted by atomic mass is 10.2. The molecule has 0 aliphatic rings. The van der Waals surface area contributed by atoms with Gasteiger partial charge in [0.25, 0.3) is 5.91 Å². The Labute approximate surface area is 183 Å². The van der Waals surface area contributed by atoms with Crippen LogP contribution in [0.2, 0.25) is 0 Å². The molecule has 0 radical (unpaired) electrons. The van der Waals surface area contributed by atoms with E-state index >= 15 is 0 Å². The first-order valence-electron chi connectivity index (χ1n) is 9.95. The third kappa shape index (κ3) is 3.78. The van der Waals surface area contributed by atoms with Crippen molar-refractivity contribution in [1.82, 2.24) is 9.88 Å². The number of allylic oxidation sites excluding steroid dienone is 1. The average Bonchev–Trinajstić information content (AvgIpc) is 3.25. The van der Waals surface area contributed by atoms with Crippen molar-refractivity contribution in [3.8, 4) is 0 Å². The van der Waals surface area contributed by atoms with Crippen molar-refractivity contribution in [2.75, 3.05) is 13.7 Å². The van der Waals surface area contributed by atoms with Gasteiger partial charge in [0.05, 0.1) is 13.7 Å². The summed E-state index contributed by atoms with van der Waals surface area (Å²) in [5.41, 5.74) is 2.17. The normalized spacial score (nSPS) is 11.7. The van der Waals surface area contributed by atoms with Gasteiger partial charge < -0.3 is 14.4 Å². The molecule has 0 bridgehead atoms. The Hall–Kier alpha value is -4.20. The minimum absolute atomic E-state index is 0.0822. The second kappa shape index (κ2) is 8.50. The lowest BCUT2D eigenvalue weighted by molar-refractivity contribution is -0.584. The molecule has 0 unspecified atom stereocenters. The second-order valence-corrected chi connectivity index (χ2v) is 7.25. The molecule has 0 saturated heterocycles. The molecule has 2 heterocycles. The number of hydrogen-bond donors (Lipinski definition) is 0. The second-order valence-electron chi connectivity index (χ2n) is 7.25. The maximum Gasteiger partial charge on any atom is 0.416 e. The summed E-state index contributed by atoms with van der Waals surface area (Å²) in [6, 6.07) is 16.2. The summed E-state index contributed by atoms with van der Waals surface area (Å²) in [6.45, 7) is 3.23. The van der Waals surface area contributed by atoms with E-state index in [0.29, 0.717) is 21.5 Å². The Morgan fingerprint density at radius 1 is 1.19 bits per heavy atom. The summed E-state index contributed by atoms with van der Waals surface area (Å²) in [6.07, 6.45) is 0.837. The van der Waals surface area contributed by atoms with Gasteiger partial charge in [-0.05, 0) is 30.7 Å². The Balaban J connectivity index is 1.67. The van der Waals surface area contributed by atoms with Gasteiger partial charge in [-0.25, -0.2) is 14.7 Å². The summed E-state index contributed by atoms with van der Waals surface area (Å²) < 4.78 is 11.3. The first kappa shape index (κ1) is 21.0. The molecule has 2 aromatic carbocycles. The first-order valence-corrected chi connectivity index (χ1v) is 9.95. The summed E-state index contributed by atoms with van der Waals surface area (Å²) in [5, 5.41) is 13.6. The van der Waals surface area contributed by atoms with Crippen molar-refractivity contribution in [2.45, 2.75) is 13.8 Å². The van der Waals surface area contributed by atoms with Crippen LogP contribution in [-0.4, -0.2) is 35.5 Å². The Morgan fingerprint density at radius 3 is 2.66 bits per heavy atom. The van der Waals surface area contributed by atoms with Gasteiger partial charge in [-0.2, -0.15) is 4.73 Å². The van der Waals surface area contributed by atoms with Gasteiger partial charge in [-0.15, -0.1) is 0 Å². The Morgan fingerprint density at radius 2 is 1.91 bits per heavy atom. The molecule has 0 fully saturated rings. The maximum absolute atomic E-state index is 13.2. The Kier molecular flexibility index (Phi) is 5.59. The third-order valence-electron chi connectivity index (χ3n) is 5.22. The van der Waals surface area contributed by atoms with Crippen LogP contribution in [0.5, 0.6) is 0 Å². The van der Waals surface area contributed by atoms with Crippen LogP contribution in [0.1, 0.15) is 28.9 Å². The van der Waals surface area contributed by atoms with E-state index in [9.17, 15) is 14.8 Å². The molecule has 0 saturated carbocycles. The molecule has 0 atom stereocenters. The van der Waals surface area contributed by atoms with Gasteiger partial charge in [0.2, 0.25) is 11.2 Å². The molecule has 8 nitrogen and oxygen atoms in total. The van der Waals surface area contributed by atoms with Crippen molar-refractivity contribution < 1.29 is 23.5 Å². The maximum atomic E-state index is 13.2. The zero-order chi connectivity index (χ0) is 22.8. The predicted molar refractivity (Wildman–Crippen MR) is 119 cm³/mol. The van der Waals surface area contributed by atoms with Gasteiger partial charge in [0.15, 0.2) is 5.69 Å². The number of nitrogens with zero attached hydrogens (tertiary/aromatic N) is 3. The lowest BCUT2D eigenvalue weighted by Crippen LogP contribution is -2.41. The van der Waals surface area contributed by atoms with Gasteiger partial charge in [-0.1, -0.05) is 36.4 Å². The smallest absolute Gasteiger partial charge is 0.416 e. The number of rotatable bonds is 4. The number of carbonyl (C=O) groups is 2. The molecule has 4 rings (SSSR count). The highest BCUT2D eigenvalue weighted by molar-refractivity contribution is 6.03. The molecule has 0 aliphatic carbocycles. The molecule has 0 aliphatic heterocycles. The monoisotopic (exact) mass is 431 g/mol. The van der Waals surface area contributed by atoms with Crippen LogP contribution >= 0.6 is 0 Å².